The maximum absolute atomic E-state index is 12.4. The van der Waals surface area contributed by atoms with Gasteiger partial charge in [-0.3, -0.25) is 4.79 Å². The van der Waals surface area contributed by atoms with Crippen LogP contribution in [0.1, 0.15) is 41.4 Å². The number of aryl methyl sites for hydroxylation is 1. The van der Waals surface area contributed by atoms with E-state index >= 15 is 0 Å². The number of sulfonamides is 1. The molecule has 0 bridgehead atoms. The standard InChI is InChI=1S/C20H22Cl2N2O5S/c1-4-23-30(27,28)15-7-5-12(2)16(10-15)20(26)29-11-19(25)24-13(3)14-6-8-17(21)18(22)9-14/h5-10,13,23H,4,11H2,1-3H3,(H,24,25). The lowest BCUT2D eigenvalue weighted by molar-refractivity contribution is -0.124. The van der Waals surface area contributed by atoms with Crippen molar-refractivity contribution < 1.29 is 22.7 Å². The highest BCUT2D eigenvalue weighted by molar-refractivity contribution is 7.89. The first kappa shape index (κ1) is 24.1. The minimum atomic E-state index is -3.72. The van der Waals surface area contributed by atoms with E-state index in [4.69, 9.17) is 27.9 Å². The highest BCUT2D eigenvalue weighted by atomic mass is 35.5. The van der Waals surface area contributed by atoms with Crippen LogP contribution in [-0.2, 0) is 19.6 Å². The van der Waals surface area contributed by atoms with Gasteiger partial charge < -0.3 is 10.1 Å². The Hall–Kier alpha value is -2.13. The molecule has 2 aromatic rings. The zero-order valence-corrected chi connectivity index (χ0v) is 19.0. The molecule has 7 nitrogen and oxygen atoms in total. The predicted octanol–water partition coefficient (Wildman–Crippen LogP) is 3.63. The Bertz CT molecular complexity index is 1060. The molecule has 1 atom stereocenters. The lowest BCUT2D eigenvalue weighted by atomic mass is 10.1. The maximum Gasteiger partial charge on any atom is 0.338 e. The zero-order valence-electron chi connectivity index (χ0n) is 16.7. The molecule has 10 heteroatoms. The molecule has 0 aliphatic rings. The third kappa shape index (κ3) is 6.18. The second-order valence-electron chi connectivity index (χ2n) is 6.52. The first-order valence-electron chi connectivity index (χ1n) is 9.07. The van der Waals surface area contributed by atoms with E-state index in [-0.39, 0.29) is 23.0 Å². The Morgan fingerprint density at radius 1 is 1.10 bits per heavy atom. The number of hydrogen-bond donors (Lipinski definition) is 2. The molecule has 0 radical (unpaired) electrons. The van der Waals surface area contributed by atoms with Crippen molar-refractivity contribution in [1.29, 1.82) is 0 Å². The third-order valence-corrected chi connectivity index (χ3v) is 6.51. The molecule has 0 aromatic heterocycles. The van der Waals surface area contributed by atoms with Gasteiger partial charge in [-0.15, -0.1) is 0 Å². The first-order chi connectivity index (χ1) is 14.0. The van der Waals surface area contributed by atoms with Crippen LogP contribution >= 0.6 is 23.2 Å². The van der Waals surface area contributed by atoms with Gasteiger partial charge in [0.2, 0.25) is 10.0 Å². The predicted molar refractivity (Wildman–Crippen MR) is 115 cm³/mol. The molecular formula is C20H22Cl2N2O5S. The van der Waals surface area contributed by atoms with E-state index in [2.05, 4.69) is 10.0 Å². The monoisotopic (exact) mass is 472 g/mol. The fraction of sp³-hybridized carbons (Fsp3) is 0.300. The summed E-state index contributed by atoms with van der Waals surface area (Å²) in [6.45, 7) is 4.74. The Labute approximate surface area is 185 Å². The van der Waals surface area contributed by atoms with Gasteiger partial charge in [-0.1, -0.05) is 42.3 Å². The van der Waals surface area contributed by atoms with Crippen LogP contribution in [0.4, 0.5) is 0 Å². The van der Waals surface area contributed by atoms with Crippen molar-refractivity contribution in [2.75, 3.05) is 13.2 Å². The Balaban J connectivity index is 2.02. The lowest BCUT2D eigenvalue weighted by Gasteiger charge is -2.15. The molecule has 1 unspecified atom stereocenters. The normalized spacial score (nSPS) is 12.3. The molecule has 0 saturated carbocycles. The Morgan fingerprint density at radius 2 is 1.80 bits per heavy atom. The summed E-state index contributed by atoms with van der Waals surface area (Å²) in [5, 5.41) is 3.46. The number of amides is 1. The topological polar surface area (TPSA) is 102 Å². The second-order valence-corrected chi connectivity index (χ2v) is 9.10. The Kier molecular flexibility index (Phi) is 8.25. The maximum atomic E-state index is 12.4. The summed E-state index contributed by atoms with van der Waals surface area (Å²) in [5.41, 5.74) is 1.33. The van der Waals surface area contributed by atoms with Crippen LogP contribution in [-0.4, -0.2) is 33.4 Å². The number of carbonyl (C=O) groups excluding carboxylic acids is 2. The highest BCUT2D eigenvalue weighted by Gasteiger charge is 2.19. The summed E-state index contributed by atoms with van der Waals surface area (Å²) in [6.07, 6.45) is 0. The molecule has 162 valence electrons. The lowest BCUT2D eigenvalue weighted by Crippen LogP contribution is -2.31. The van der Waals surface area contributed by atoms with Crippen LogP contribution in [0.25, 0.3) is 0 Å². The van der Waals surface area contributed by atoms with Crippen molar-refractivity contribution in [3.63, 3.8) is 0 Å². The molecule has 0 saturated heterocycles. The molecule has 0 heterocycles. The summed E-state index contributed by atoms with van der Waals surface area (Å²) in [4.78, 5) is 24.5. The molecule has 2 N–H and O–H groups in total. The number of rotatable bonds is 8. The van der Waals surface area contributed by atoms with Crippen molar-refractivity contribution in [1.82, 2.24) is 10.0 Å². The van der Waals surface area contributed by atoms with E-state index < -0.39 is 28.5 Å². The van der Waals surface area contributed by atoms with Crippen LogP contribution in [0, 0.1) is 6.92 Å². The van der Waals surface area contributed by atoms with Crippen molar-refractivity contribution in [2.24, 2.45) is 0 Å². The first-order valence-corrected chi connectivity index (χ1v) is 11.3. The average Bonchev–Trinajstić information content (AvgIpc) is 2.68. The van der Waals surface area contributed by atoms with Crippen LogP contribution in [0.5, 0.6) is 0 Å². The molecule has 0 aliphatic heterocycles. The summed E-state index contributed by atoms with van der Waals surface area (Å²) in [7, 11) is -3.72. The number of hydrogen-bond acceptors (Lipinski definition) is 5. The molecule has 30 heavy (non-hydrogen) atoms. The van der Waals surface area contributed by atoms with Crippen LogP contribution in [0.2, 0.25) is 10.0 Å². The van der Waals surface area contributed by atoms with Gasteiger partial charge in [0.1, 0.15) is 0 Å². The van der Waals surface area contributed by atoms with Gasteiger partial charge in [0.05, 0.1) is 26.5 Å². The number of esters is 1. The van der Waals surface area contributed by atoms with Crippen LogP contribution in [0.3, 0.4) is 0 Å². The largest absolute Gasteiger partial charge is 0.452 e. The smallest absolute Gasteiger partial charge is 0.338 e. The number of carbonyl (C=O) groups is 2. The van der Waals surface area contributed by atoms with Crippen LogP contribution < -0.4 is 10.0 Å². The summed E-state index contributed by atoms with van der Waals surface area (Å²) in [5.74, 6) is -1.31. The fourth-order valence-corrected chi connectivity index (χ4v) is 3.99. The molecule has 1 amide bonds. The summed E-state index contributed by atoms with van der Waals surface area (Å²) in [6, 6.07) is 8.74. The molecular weight excluding hydrogens is 451 g/mol. The molecule has 2 aromatic carbocycles. The SMILES string of the molecule is CCNS(=O)(=O)c1ccc(C)c(C(=O)OCC(=O)NC(C)c2ccc(Cl)c(Cl)c2)c1. The van der Waals surface area contributed by atoms with E-state index in [1.54, 1.807) is 39.0 Å². The third-order valence-electron chi connectivity index (χ3n) is 4.23. The van der Waals surface area contributed by atoms with Gasteiger partial charge in [-0.25, -0.2) is 17.9 Å². The molecule has 2 rings (SSSR count). The number of nitrogens with one attached hydrogen (secondary N) is 2. The van der Waals surface area contributed by atoms with Gasteiger partial charge in [0.25, 0.3) is 5.91 Å². The van der Waals surface area contributed by atoms with Gasteiger partial charge >= 0.3 is 5.97 Å². The van der Waals surface area contributed by atoms with Crippen molar-refractivity contribution in [2.45, 2.75) is 31.7 Å². The molecule has 0 spiro atoms. The molecule has 0 aliphatic carbocycles. The fourth-order valence-electron chi connectivity index (χ4n) is 2.62. The van der Waals surface area contributed by atoms with Gasteiger partial charge in [0.15, 0.2) is 6.61 Å². The number of halogens is 2. The second kappa shape index (κ2) is 10.3. The Morgan fingerprint density at radius 3 is 2.43 bits per heavy atom. The van der Waals surface area contributed by atoms with Crippen molar-refractivity contribution in [3.8, 4) is 0 Å². The van der Waals surface area contributed by atoms with Crippen LogP contribution in [0.15, 0.2) is 41.3 Å². The van der Waals surface area contributed by atoms with Crippen molar-refractivity contribution >= 4 is 45.1 Å². The highest BCUT2D eigenvalue weighted by Crippen LogP contribution is 2.25. The van der Waals surface area contributed by atoms with E-state index in [9.17, 15) is 18.0 Å². The van der Waals surface area contributed by atoms with Crippen molar-refractivity contribution in [3.05, 3.63) is 63.1 Å². The van der Waals surface area contributed by atoms with E-state index in [1.165, 1.54) is 18.2 Å². The van der Waals surface area contributed by atoms with Gasteiger partial charge in [-0.05, 0) is 49.2 Å². The molecule has 0 fully saturated rings. The van der Waals surface area contributed by atoms with Gasteiger partial charge in [0, 0.05) is 6.54 Å². The van der Waals surface area contributed by atoms with E-state index in [1.807, 2.05) is 0 Å². The minimum Gasteiger partial charge on any atom is -0.452 e. The minimum absolute atomic E-state index is 0.0559. The van der Waals surface area contributed by atoms with E-state index in [0.717, 1.165) is 5.56 Å². The number of ether oxygens (including phenoxy) is 1. The zero-order chi connectivity index (χ0) is 22.5. The average molecular weight is 473 g/mol. The summed E-state index contributed by atoms with van der Waals surface area (Å²) < 4.78 is 31.7. The van der Waals surface area contributed by atoms with Gasteiger partial charge in [-0.2, -0.15) is 0 Å². The summed E-state index contributed by atoms with van der Waals surface area (Å²) >= 11 is 11.9. The quantitative estimate of drug-likeness (QED) is 0.571. The van der Waals surface area contributed by atoms with E-state index in [0.29, 0.717) is 15.6 Å². The number of benzene rings is 2.